The second-order valence-corrected chi connectivity index (χ2v) is 9.00. The lowest BCUT2D eigenvalue weighted by Crippen LogP contribution is -2.58. The number of furan rings is 1. The van der Waals surface area contributed by atoms with Gasteiger partial charge in [0.2, 0.25) is 11.8 Å². The number of amides is 3. The molecule has 2 aliphatic rings. The highest BCUT2D eigenvalue weighted by molar-refractivity contribution is 5.93. The summed E-state index contributed by atoms with van der Waals surface area (Å²) in [6, 6.07) is 2.74. The van der Waals surface area contributed by atoms with Crippen molar-refractivity contribution in [3.63, 3.8) is 0 Å². The highest BCUT2D eigenvalue weighted by atomic mass is 16.6. The van der Waals surface area contributed by atoms with Gasteiger partial charge in [-0.15, -0.1) is 0 Å². The van der Waals surface area contributed by atoms with Gasteiger partial charge >= 0.3 is 6.09 Å². The first-order valence-electron chi connectivity index (χ1n) is 11.3. The molecule has 0 aromatic carbocycles. The molecule has 3 rings (SSSR count). The third kappa shape index (κ3) is 4.62. The van der Waals surface area contributed by atoms with Crippen LogP contribution in [0, 0.1) is 11.8 Å². The number of hydrogen-bond acceptors (Lipinski definition) is 6. The van der Waals surface area contributed by atoms with Gasteiger partial charge in [0.1, 0.15) is 17.3 Å². The molecule has 3 amide bonds. The Labute approximate surface area is 189 Å². The number of nitrogens with zero attached hydrogens (tertiary/aromatic N) is 2. The maximum absolute atomic E-state index is 14.0. The molecule has 178 valence electrons. The van der Waals surface area contributed by atoms with Crippen LogP contribution in [0.2, 0.25) is 0 Å². The van der Waals surface area contributed by atoms with Crippen molar-refractivity contribution >= 4 is 17.9 Å². The topological polar surface area (TPSA) is 101 Å². The summed E-state index contributed by atoms with van der Waals surface area (Å²) in [5, 5.41) is 2.70. The van der Waals surface area contributed by atoms with E-state index in [1.807, 2.05) is 13.8 Å². The summed E-state index contributed by atoms with van der Waals surface area (Å²) in [6.07, 6.45) is 3.19. The van der Waals surface area contributed by atoms with E-state index in [4.69, 9.17) is 13.9 Å². The Morgan fingerprint density at radius 2 is 2.12 bits per heavy atom. The summed E-state index contributed by atoms with van der Waals surface area (Å²) >= 11 is 0. The van der Waals surface area contributed by atoms with Gasteiger partial charge in [-0.05, 0) is 43.7 Å². The molecule has 0 radical (unpaired) electrons. The number of ether oxygens (including phenoxy) is 2. The maximum Gasteiger partial charge on any atom is 0.411 e. The van der Waals surface area contributed by atoms with Crippen LogP contribution in [0.15, 0.2) is 22.8 Å². The fourth-order valence-electron chi connectivity index (χ4n) is 4.87. The molecule has 2 saturated heterocycles. The number of rotatable bonds is 7. The van der Waals surface area contributed by atoms with Crippen LogP contribution in [0.1, 0.15) is 51.3 Å². The second kappa shape index (κ2) is 10.4. The quantitative estimate of drug-likeness (QED) is 0.687. The van der Waals surface area contributed by atoms with E-state index in [2.05, 4.69) is 5.32 Å². The molecule has 1 spiro atoms. The molecule has 2 fully saturated rings. The monoisotopic (exact) mass is 449 g/mol. The molecule has 1 aromatic rings. The van der Waals surface area contributed by atoms with E-state index in [1.54, 1.807) is 31.2 Å². The Morgan fingerprint density at radius 1 is 1.34 bits per heavy atom. The fourth-order valence-corrected chi connectivity index (χ4v) is 4.87. The van der Waals surface area contributed by atoms with Gasteiger partial charge in [0, 0.05) is 27.2 Å². The van der Waals surface area contributed by atoms with Gasteiger partial charge in [0.15, 0.2) is 0 Å². The molecule has 3 heterocycles. The molecule has 1 N–H and O–H groups in total. The van der Waals surface area contributed by atoms with E-state index >= 15 is 0 Å². The largest absolute Gasteiger partial charge is 0.467 e. The summed E-state index contributed by atoms with van der Waals surface area (Å²) in [6.45, 7) is 5.56. The Hall–Kier alpha value is -2.55. The average Bonchev–Trinajstić information content (AvgIpc) is 3.39. The van der Waals surface area contributed by atoms with Crippen LogP contribution in [0.4, 0.5) is 4.79 Å². The molecular formula is C23H35N3O6. The minimum absolute atomic E-state index is 0.136. The lowest BCUT2D eigenvalue weighted by molar-refractivity contribution is -0.143. The molecule has 0 bridgehead atoms. The van der Waals surface area contributed by atoms with Gasteiger partial charge < -0.3 is 24.1 Å². The zero-order valence-electron chi connectivity index (χ0n) is 19.5. The number of hydrogen-bond donors (Lipinski definition) is 1. The van der Waals surface area contributed by atoms with Gasteiger partial charge in [-0.2, -0.15) is 0 Å². The summed E-state index contributed by atoms with van der Waals surface area (Å²) in [5.74, 6) is -0.416. The Bertz CT molecular complexity index is 796. The zero-order chi connectivity index (χ0) is 23.3. The van der Waals surface area contributed by atoms with Crippen molar-refractivity contribution in [1.82, 2.24) is 15.1 Å². The lowest BCUT2D eigenvalue weighted by Gasteiger charge is -2.40. The van der Waals surface area contributed by atoms with Crippen molar-refractivity contribution in [3.05, 3.63) is 24.2 Å². The van der Waals surface area contributed by atoms with Crippen LogP contribution in [0.25, 0.3) is 0 Å². The van der Waals surface area contributed by atoms with E-state index < -0.39 is 23.6 Å². The summed E-state index contributed by atoms with van der Waals surface area (Å²) in [5.41, 5.74) is -1.17. The lowest BCUT2D eigenvalue weighted by atomic mass is 9.85. The van der Waals surface area contributed by atoms with Crippen molar-refractivity contribution < 1.29 is 28.3 Å². The minimum atomic E-state index is -1.17. The third-order valence-corrected chi connectivity index (χ3v) is 6.35. The first-order chi connectivity index (χ1) is 15.4. The van der Waals surface area contributed by atoms with Crippen LogP contribution >= 0.6 is 0 Å². The third-order valence-electron chi connectivity index (χ3n) is 6.35. The Morgan fingerprint density at radius 3 is 2.75 bits per heavy atom. The van der Waals surface area contributed by atoms with E-state index in [0.29, 0.717) is 31.9 Å². The SMILES string of the molecule is CNC(=O)[C@H]1C[C@]2(CCCCN(CCOC)C2=O)N(C(=O)OCC(C)C)[C@H]1c1ccco1. The molecule has 2 aliphatic heterocycles. The molecule has 0 aliphatic carbocycles. The standard InChI is InChI=1S/C23H35N3O6/c1-16(2)15-32-22(29)26-19(18-8-7-12-31-18)17(20(27)24-3)14-23(26)9-5-6-10-25(21(23)28)11-13-30-4/h7-8,12,16-17,19H,5-6,9-11,13-15H2,1-4H3,(H,24,27)/t17-,19+,23-/m0/s1. The van der Waals surface area contributed by atoms with Gasteiger partial charge in [-0.25, -0.2) is 4.79 Å². The van der Waals surface area contributed by atoms with Crippen LogP contribution in [-0.2, 0) is 19.1 Å². The maximum atomic E-state index is 14.0. The van der Waals surface area contributed by atoms with Crippen LogP contribution in [0.3, 0.4) is 0 Å². The molecule has 9 nitrogen and oxygen atoms in total. The highest BCUT2D eigenvalue weighted by Gasteiger charge is 2.62. The molecule has 0 unspecified atom stereocenters. The number of nitrogens with one attached hydrogen (secondary N) is 1. The summed E-state index contributed by atoms with van der Waals surface area (Å²) in [7, 11) is 3.16. The van der Waals surface area contributed by atoms with Gasteiger partial charge in [-0.1, -0.05) is 13.8 Å². The van der Waals surface area contributed by atoms with Crippen LogP contribution in [-0.4, -0.2) is 73.7 Å². The predicted molar refractivity (Wildman–Crippen MR) is 117 cm³/mol. The van der Waals surface area contributed by atoms with Gasteiger partial charge in [0.25, 0.3) is 0 Å². The molecule has 32 heavy (non-hydrogen) atoms. The van der Waals surface area contributed by atoms with Crippen molar-refractivity contribution in [2.45, 2.75) is 51.1 Å². The molecular weight excluding hydrogens is 414 g/mol. The Kier molecular flexibility index (Phi) is 7.82. The van der Waals surface area contributed by atoms with E-state index in [-0.39, 0.29) is 30.8 Å². The predicted octanol–water partition coefficient (Wildman–Crippen LogP) is 2.58. The van der Waals surface area contributed by atoms with Crippen LogP contribution < -0.4 is 5.32 Å². The summed E-state index contributed by atoms with van der Waals surface area (Å²) in [4.78, 5) is 43.7. The average molecular weight is 450 g/mol. The van der Waals surface area contributed by atoms with Crippen LogP contribution in [0.5, 0.6) is 0 Å². The first kappa shape index (κ1) is 24.1. The fraction of sp³-hybridized carbons (Fsp3) is 0.696. The smallest absolute Gasteiger partial charge is 0.411 e. The van der Waals surface area contributed by atoms with Crippen molar-refractivity contribution in [2.75, 3.05) is 40.5 Å². The highest BCUT2D eigenvalue weighted by Crippen LogP contribution is 2.51. The minimum Gasteiger partial charge on any atom is -0.467 e. The molecule has 1 aromatic heterocycles. The second-order valence-electron chi connectivity index (χ2n) is 9.00. The van der Waals surface area contributed by atoms with Crippen molar-refractivity contribution in [3.8, 4) is 0 Å². The normalized spacial score (nSPS) is 26.0. The number of methoxy groups -OCH3 is 1. The van der Waals surface area contributed by atoms with E-state index in [9.17, 15) is 14.4 Å². The number of carbonyl (C=O) groups is 3. The zero-order valence-corrected chi connectivity index (χ0v) is 19.5. The summed E-state index contributed by atoms with van der Waals surface area (Å²) < 4.78 is 16.5. The van der Waals surface area contributed by atoms with Gasteiger partial charge in [0.05, 0.1) is 25.4 Å². The number of carbonyl (C=O) groups excluding carboxylic acids is 3. The van der Waals surface area contributed by atoms with Crippen molar-refractivity contribution in [1.29, 1.82) is 0 Å². The first-order valence-corrected chi connectivity index (χ1v) is 11.3. The van der Waals surface area contributed by atoms with E-state index in [1.165, 1.54) is 11.2 Å². The molecule has 9 heteroatoms. The Balaban J connectivity index is 2.09. The van der Waals surface area contributed by atoms with E-state index in [0.717, 1.165) is 12.8 Å². The molecule has 0 saturated carbocycles. The van der Waals surface area contributed by atoms with Gasteiger partial charge in [-0.3, -0.25) is 14.5 Å². The van der Waals surface area contributed by atoms with Crippen molar-refractivity contribution in [2.24, 2.45) is 11.8 Å². The molecule has 3 atom stereocenters. The number of likely N-dealkylation sites (tertiary alicyclic amines) is 2.